The molecule has 0 unspecified atom stereocenters. The minimum Gasteiger partial charge on any atom is -0.344 e. The zero-order chi connectivity index (χ0) is 32.3. The van der Waals surface area contributed by atoms with Crippen molar-refractivity contribution in [2.24, 2.45) is 17.6 Å². The number of anilines is 1. The maximum absolute atomic E-state index is 13.7. The Labute approximate surface area is 262 Å². The topological polar surface area (TPSA) is 170 Å². The Balaban J connectivity index is 1.41. The maximum Gasteiger partial charge on any atom is 0.323 e. The van der Waals surface area contributed by atoms with Crippen LogP contribution < -0.4 is 22.1 Å². The second-order valence-electron chi connectivity index (χ2n) is 12.0. The van der Waals surface area contributed by atoms with Gasteiger partial charge in [-0.3, -0.25) is 9.59 Å². The molecule has 0 radical (unpaired) electrons. The Morgan fingerprint density at radius 3 is 2.42 bits per heavy atom. The van der Waals surface area contributed by atoms with E-state index < -0.39 is 22.0 Å². The molecule has 2 amide bonds. The lowest BCUT2D eigenvalue weighted by Crippen LogP contribution is -2.48. The summed E-state index contributed by atoms with van der Waals surface area (Å²) >= 11 is 0. The van der Waals surface area contributed by atoms with Gasteiger partial charge in [0.1, 0.15) is 6.04 Å². The molecule has 11 nitrogen and oxygen atoms in total. The number of imidazole rings is 1. The number of carbonyl (C=O) groups is 2. The number of benzene rings is 3. The predicted molar refractivity (Wildman–Crippen MR) is 175 cm³/mol. The molecule has 3 aromatic carbocycles. The van der Waals surface area contributed by atoms with Crippen LogP contribution in [0.3, 0.4) is 0 Å². The fraction of sp³-hybridized carbons (Fsp3) is 0.364. The molecule has 6 N–H and O–H groups in total. The Hall–Kier alpha value is -4.26. The summed E-state index contributed by atoms with van der Waals surface area (Å²) in [6, 6.07) is 16.8. The zero-order valence-corrected chi connectivity index (χ0v) is 26.5. The summed E-state index contributed by atoms with van der Waals surface area (Å²) in [5, 5.41) is 5.91. The number of aryl methyl sites for hydroxylation is 1. The average molecular weight is 633 g/mol. The molecule has 1 saturated carbocycles. The fourth-order valence-corrected chi connectivity index (χ4v) is 6.81. The van der Waals surface area contributed by atoms with Gasteiger partial charge in [-0.05, 0) is 97.7 Å². The van der Waals surface area contributed by atoms with E-state index in [0.717, 1.165) is 47.9 Å². The molecule has 1 aliphatic carbocycles. The third kappa shape index (κ3) is 7.35. The van der Waals surface area contributed by atoms with Crippen molar-refractivity contribution in [2.75, 3.05) is 26.0 Å². The highest BCUT2D eigenvalue weighted by molar-refractivity contribution is 7.89. The number of carbonyl (C=O) groups excluding carboxylic acids is 2. The minimum absolute atomic E-state index is 0.162. The molecule has 1 atom stereocenters. The molecule has 1 fully saturated rings. The summed E-state index contributed by atoms with van der Waals surface area (Å²) in [7, 11) is -0.643. The fourth-order valence-electron chi connectivity index (χ4n) is 5.88. The smallest absolute Gasteiger partial charge is 0.323 e. The molecule has 1 aliphatic rings. The lowest BCUT2D eigenvalue weighted by molar-refractivity contribution is -0.130. The van der Waals surface area contributed by atoms with E-state index in [-0.39, 0.29) is 28.8 Å². The molecule has 4 aromatic rings. The first kappa shape index (κ1) is 32.1. The van der Waals surface area contributed by atoms with E-state index in [1.807, 2.05) is 31.2 Å². The van der Waals surface area contributed by atoms with E-state index in [0.29, 0.717) is 29.2 Å². The third-order valence-corrected chi connectivity index (χ3v) is 10.4. The van der Waals surface area contributed by atoms with Gasteiger partial charge in [0, 0.05) is 32.1 Å². The first-order chi connectivity index (χ1) is 21.4. The lowest BCUT2D eigenvalue weighted by Gasteiger charge is -2.28. The van der Waals surface area contributed by atoms with Gasteiger partial charge in [-0.2, -0.15) is 0 Å². The number of nitrogens with zero attached hydrogens (tertiary/aromatic N) is 1. The van der Waals surface area contributed by atoms with Gasteiger partial charge in [0.25, 0.3) is 0 Å². The van der Waals surface area contributed by atoms with Crippen LogP contribution in [0.1, 0.15) is 36.8 Å². The maximum atomic E-state index is 13.7. The monoisotopic (exact) mass is 632 g/mol. The molecule has 0 bridgehead atoms. The van der Waals surface area contributed by atoms with Crippen LogP contribution in [0.25, 0.3) is 22.2 Å². The van der Waals surface area contributed by atoms with E-state index >= 15 is 0 Å². The Morgan fingerprint density at radius 2 is 1.71 bits per heavy atom. The van der Waals surface area contributed by atoms with Gasteiger partial charge in [-0.15, -0.1) is 0 Å². The molecular formula is C33H40N6O5S. The number of aromatic amines is 2. The van der Waals surface area contributed by atoms with Crippen LogP contribution in [0.4, 0.5) is 5.69 Å². The Kier molecular flexibility index (Phi) is 9.56. The Bertz CT molecular complexity index is 1870. The average Bonchev–Trinajstić information content (AvgIpc) is 3.40. The molecule has 1 aromatic heterocycles. The third-order valence-electron chi connectivity index (χ3n) is 8.63. The summed E-state index contributed by atoms with van der Waals surface area (Å²) in [5.74, 6) is -0.332. The van der Waals surface area contributed by atoms with E-state index in [4.69, 9.17) is 5.73 Å². The second-order valence-corrected chi connectivity index (χ2v) is 14.2. The number of H-pyrrole nitrogens is 2. The van der Waals surface area contributed by atoms with E-state index in [1.165, 1.54) is 18.4 Å². The van der Waals surface area contributed by atoms with Crippen LogP contribution in [-0.4, -0.2) is 61.2 Å². The molecule has 1 heterocycles. The predicted octanol–water partition coefficient (Wildman–Crippen LogP) is 3.51. The highest BCUT2D eigenvalue weighted by Gasteiger charge is 2.29. The summed E-state index contributed by atoms with van der Waals surface area (Å²) in [6.07, 6.45) is 3.41. The van der Waals surface area contributed by atoms with Crippen molar-refractivity contribution in [3.05, 3.63) is 82.3 Å². The number of hydrogen-bond donors (Lipinski definition) is 5. The first-order valence-corrected chi connectivity index (χ1v) is 16.5. The Morgan fingerprint density at radius 1 is 0.978 bits per heavy atom. The van der Waals surface area contributed by atoms with Gasteiger partial charge >= 0.3 is 5.69 Å². The summed E-state index contributed by atoms with van der Waals surface area (Å²) < 4.78 is 26.8. The molecule has 238 valence electrons. The van der Waals surface area contributed by atoms with Gasteiger partial charge in [-0.25, -0.2) is 17.5 Å². The van der Waals surface area contributed by atoms with Crippen molar-refractivity contribution >= 4 is 38.6 Å². The van der Waals surface area contributed by atoms with Crippen molar-refractivity contribution in [2.45, 2.75) is 50.0 Å². The number of nitrogens with one attached hydrogen (secondary N) is 4. The molecule has 5 rings (SSSR count). The zero-order valence-electron chi connectivity index (χ0n) is 25.7. The quantitative estimate of drug-likeness (QED) is 0.179. The number of aromatic nitrogens is 2. The molecule has 12 heteroatoms. The number of nitrogens with two attached hydrogens (primary N) is 1. The summed E-state index contributed by atoms with van der Waals surface area (Å²) in [5.41, 5.74) is 10.4. The minimum atomic E-state index is -3.63. The number of sulfonamides is 1. The highest BCUT2D eigenvalue weighted by Crippen LogP contribution is 2.30. The number of rotatable bonds is 10. The van der Waals surface area contributed by atoms with Crippen LogP contribution in [-0.2, 0) is 26.0 Å². The SMILES string of the molecule is Cc1ccc(S(=O)(=O)N(C)C)cc1-c1cccc(C[C@H](NC(=O)C2CCC(CN)CC2)C(=O)Nc2ccc3[nH]c(=O)[nH]c3c2)c1. The van der Waals surface area contributed by atoms with E-state index in [9.17, 15) is 22.8 Å². The highest BCUT2D eigenvalue weighted by atomic mass is 32.2. The molecule has 45 heavy (non-hydrogen) atoms. The van der Waals surface area contributed by atoms with Gasteiger partial charge in [-0.1, -0.05) is 30.3 Å². The second kappa shape index (κ2) is 13.4. The largest absolute Gasteiger partial charge is 0.344 e. The van der Waals surface area contributed by atoms with Crippen molar-refractivity contribution in [3.8, 4) is 11.1 Å². The van der Waals surface area contributed by atoms with Crippen LogP contribution in [0.15, 0.2) is 70.4 Å². The van der Waals surface area contributed by atoms with Crippen LogP contribution in [0.5, 0.6) is 0 Å². The standard InChI is InChI=1S/C33H40N6O5S/c1-20-7-13-26(45(43,44)39(2)3)18-27(20)24-6-4-5-22(15-24)16-30(36-31(40)23-10-8-21(19-34)9-11-23)32(41)35-25-12-14-28-29(17-25)38-33(42)37-28/h4-7,12-15,17-18,21,23,30H,8-11,16,19,34H2,1-3H3,(H,35,41)(H,36,40)(H2,37,38,42)/t21?,23?,30-/m0/s1. The first-order valence-electron chi connectivity index (χ1n) is 15.1. The summed E-state index contributed by atoms with van der Waals surface area (Å²) in [4.78, 5) is 44.4. The van der Waals surface area contributed by atoms with Crippen molar-refractivity contribution < 1.29 is 18.0 Å². The van der Waals surface area contributed by atoms with Crippen molar-refractivity contribution in [1.29, 1.82) is 0 Å². The number of amides is 2. The number of fused-ring (bicyclic) bond motifs is 1. The normalized spacial score (nSPS) is 17.7. The molecule has 0 spiro atoms. The van der Waals surface area contributed by atoms with Crippen LogP contribution >= 0.6 is 0 Å². The van der Waals surface area contributed by atoms with Crippen molar-refractivity contribution in [3.63, 3.8) is 0 Å². The van der Waals surface area contributed by atoms with Crippen LogP contribution in [0.2, 0.25) is 0 Å². The van der Waals surface area contributed by atoms with E-state index in [2.05, 4.69) is 20.6 Å². The molecule has 0 saturated heterocycles. The van der Waals surface area contributed by atoms with Gasteiger partial charge in [0.05, 0.1) is 15.9 Å². The molecule has 0 aliphatic heterocycles. The van der Waals surface area contributed by atoms with Crippen LogP contribution in [0, 0.1) is 18.8 Å². The van der Waals surface area contributed by atoms with Gasteiger partial charge < -0.3 is 26.3 Å². The lowest BCUT2D eigenvalue weighted by atomic mass is 9.81. The summed E-state index contributed by atoms with van der Waals surface area (Å²) in [6.45, 7) is 2.52. The van der Waals surface area contributed by atoms with E-state index in [1.54, 1.807) is 36.4 Å². The van der Waals surface area contributed by atoms with Gasteiger partial charge in [0.2, 0.25) is 21.8 Å². The van der Waals surface area contributed by atoms with Crippen molar-refractivity contribution in [1.82, 2.24) is 19.6 Å². The molecular weight excluding hydrogens is 592 g/mol. The van der Waals surface area contributed by atoms with Gasteiger partial charge in [0.15, 0.2) is 0 Å². The number of hydrogen-bond acceptors (Lipinski definition) is 6.